The first-order chi connectivity index (χ1) is 9.74. The first kappa shape index (κ1) is 17.7. The van der Waals surface area contributed by atoms with Crippen molar-refractivity contribution in [3.05, 3.63) is 0 Å². The van der Waals surface area contributed by atoms with E-state index in [4.69, 9.17) is 5.11 Å². The highest BCUT2D eigenvalue weighted by Crippen LogP contribution is 2.18. The molecule has 1 aliphatic rings. The number of urea groups is 1. The number of carboxylic acids is 1. The molecule has 0 saturated carbocycles. The second kappa shape index (κ2) is 7.57. The van der Waals surface area contributed by atoms with Gasteiger partial charge in [0, 0.05) is 40.3 Å². The van der Waals surface area contributed by atoms with Gasteiger partial charge in [0.15, 0.2) is 0 Å². The average molecular weight is 322 g/mol. The Hall–Kier alpha value is -1.39. The Bertz CT molecular complexity index is 479. The van der Waals surface area contributed by atoms with Crippen LogP contribution in [0.3, 0.4) is 0 Å². The van der Waals surface area contributed by atoms with Gasteiger partial charge in [0.05, 0.1) is 5.92 Å². The number of hydrogen-bond donors (Lipinski definition) is 3. The first-order valence-corrected chi connectivity index (χ1v) is 8.10. The molecule has 1 fully saturated rings. The van der Waals surface area contributed by atoms with E-state index < -0.39 is 22.1 Å². The fraction of sp³-hybridized carbons (Fsp3) is 0.818. The predicted molar refractivity (Wildman–Crippen MR) is 75.9 cm³/mol. The van der Waals surface area contributed by atoms with Gasteiger partial charge in [0.25, 0.3) is 10.2 Å². The fourth-order valence-corrected chi connectivity index (χ4v) is 3.25. The van der Waals surface area contributed by atoms with E-state index in [0.717, 1.165) is 4.31 Å². The van der Waals surface area contributed by atoms with Gasteiger partial charge < -0.3 is 15.3 Å². The lowest BCUT2D eigenvalue weighted by Crippen LogP contribution is -2.49. The molecular weight excluding hydrogens is 300 g/mol. The minimum atomic E-state index is -3.71. The van der Waals surface area contributed by atoms with Crippen LogP contribution in [0.1, 0.15) is 12.8 Å². The molecule has 1 heterocycles. The number of aliphatic carboxylic acids is 1. The maximum atomic E-state index is 12.0. The second-order valence-corrected chi connectivity index (χ2v) is 6.82. The molecule has 122 valence electrons. The number of piperidine rings is 1. The Kier molecular flexibility index (Phi) is 6.37. The number of carbonyl (C=O) groups excluding carboxylic acids is 1. The lowest BCUT2D eigenvalue weighted by atomic mass is 10.0. The van der Waals surface area contributed by atoms with Gasteiger partial charge >= 0.3 is 12.0 Å². The van der Waals surface area contributed by atoms with E-state index in [0.29, 0.717) is 19.4 Å². The Morgan fingerprint density at radius 2 is 2.00 bits per heavy atom. The molecule has 3 N–H and O–H groups in total. The van der Waals surface area contributed by atoms with E-state index in [-0.39, 0.29) is 25.7 Å². The van der Waals surface area contributed by atoms with Crippen LogP contribution in [0.25, 0.3) is 0 Å². The Labute approximate surface area is 124 Å². The van der Waals surface area contributed by atoms with Crippen LogP contribution in [0.4, 0.5) is 4.79 Å². The zero-order valence-corrected chi connectivity index (χ0v) is 13.0. The Morgan fingerprint density at radius 3 is 2.57 bits per heavy atom. The van der Waals surface area contributed by atoms with Crippen molar-refractivity contribution in [1.29, 1.82) is 0 Å². The monoisotopic (exact) mass is 322 g/mol. The molecular formula is C11H22N4O5S. The van der Waals surface area contributed by atoms with E-state index >= 15 is 0 Å². The third-order valence-corrected chi connectivity index (χ3v) is 4.75. The van der Waals surface area contributed by atoms with Crippen LogP contribution < -0.4 is 10.0 Å². The smallest absolute Gasteiger partial charge is 0.316 e. The molecule has 1 saturated heterocycles. The number of carbonyl (C=O) groups is 2. The summed E-state index contributed by atoms with van der Waals surface area (Å²) in [5.74, 6) is -1.64. The van der Waals surface area contributed by atoms with Crippen molar-refractivity contribution in [1.82, 2.24) is 19.2 Å². The van der Waals surface area contributed by atoms with Crippen LogP contribution in [-0.4, -0.2) is 75.0 Å². The van der Waals surface area contributed by atoms with Crippen LogP contribution in [0, 0.1) is 5.92 Å². The quantitative estimate of drug-likeness (QED) is 0.536. The summed E-state index contributed by atoms with van der Waals surface area (Å²) in [5, 5.41) is 11.5. The van der Waals surface area contributed by atoms with Crippen molar-refractivity contribution >= 4 is 22.2 Å². The summed E-state index contributed by atoms with van der Waals surface area (Å²) in [6.07, 6.45) is 1.01. The van der Waals surface area contributed by atoms with E-state index in [1.165, 1.54) is 4.90 Å². The molecule has 1 rings (SSSR count). The molecule has 0 radical (unpaired) electrons. The zero-order valence-electron chi connectivity index (χ0n) is 12.2. The van der Waals surface area contributed by atoms with Gasteiger partial charge in [-0.3, -0.25) is 4.79 Å². The van der Waals surface area contributed by atoms with Gasteiger partial charge in [-0.15, -0.1) is 0 Å². The van der Waals surface area contributed by atoms with Crippen molar-refractivity contribution < 1.29 is 23.1 Å². The molecule has 9 nitrogen and oxygen atoms in total. The summed E-state index contributed by atoms with van der Waals surface area (Å²) in [4.78, 5) is 23.5. The number of amides is 2. The van der Waals surface area contributed by atoms with Gasteiger partial charge in [0.2, 0.25) is 0 Å². The predicted octanol–water partition coefficient (Wildman–Crippen LogP) is -1.11. The summed E-state index contributed by atoms with van der Waals surface area (Å²) >= 11 is 0. The molecule has 0 bridgehead atoms. The van der Waals surface area contributed by atoms with Gasteiger partial charge in [-0.05, 0) is 12.8 Å². The number of rotatable bonds is 6. The summed E-state index contributed by atoms with van der Waals surface area (Å²) in [7, 11) is -0.548. The van der Waals surface area contributed by atoms with Crippen molar-refractivity contribution in [3.63, 3.8) is 0 Å². The average Bonchev–Trinajstić information content (AvgIpc) is 2.43. The normalized spacial score (nSPS) is 20.0. The number of carboxylic acid groups (broad SMARTS) is 1. The highest BCUT2D eigenvalue weighted by Gasteiger charge is 2.31. The lowest BCUT2D eigenvalue weighted by molar-refractivity contribution is -0.142. The summed E-state index contributed by atoms with van der Waals surface area (Å²) in [5.41, 5.74) is 0. The largest absolute Gasteiger partial charge is 0.481 e. The number of nitrogens with one attached hydrogen (secondary N) is 2. The molecule has 0 aromatic carbocycles. The van der Waals surface area contributed by atoms with Crippen LogP contribution >= 0.6 is 0 Å². The molecule has 0 aliphatic carbocycles. The molecule has 0 spiro atoms. The van der Waals surface area contributed by atoms with Crippen LogP contribution in [0.2, 0.25) is 0 Å². The minimum absolute atomic E-state index is 0.0191. The van der Waals surface area contributed by atoms with E-state index in [1.54, 1.807) is 14.1 Å². The van der Waals surface area contributed by atoms with Crippen molar-refractivity contribution in [2.75, 3.05) is 40.3 Å². The highest BCUT2D eigenvalue weighted by molar-refractivity contribution is 7.87. The van der Waals surface area contributed by atoms with E-state index in [2.05, 4.69) is 10.0 Å². The van der Waals surface area contributed by atoms with Crippen LogP contribution in [-0.2, 0) is 15.0 Å². The maximum absolute atomic E-state index is 12.0. The highest BCUT2D eigenvalue weighted by atomic mass is 32.2. The summed E-state index contributed by atoms with van der Waals surface area (Å²) in [6, 6.07) is -0.307. The van der Waals surface area contributed by atoms with Crippen LogP contribution in [0.5, 0.6) is 0 Å². The van der Waals surface area contributed by atoms with Gasteiger partial charge in [-0.25, -0.2) is 9.52 Å². The Morgan fingerprint density at radius 1 is 1.33 bits per heavy atom. The molecule has 1 unspecified atom stereocenters. The van der Waals surface area contributed by atoms with E-state index in [9.17, 15) is 18.0 Å². The molecule has 1 atom stereocenters. The van der Waals surface area contributed by atoms with Crippen molar-refractivity contribution in [2.24, 2.45) is 5.92 Å². The third kappa shape index (κ3) is 5.48. The van der Waals surface area contributed by atoms with Crippen LogP contribution in [0.15, 0.2) is 0 Å². The summed E-state index contributed by atoms with van der Waals surface area (Å²) in [6.45, 7) is 0.500. The zero-order chi connectivity index (χ0) is 16.0. The van der Waals surface area contributed by atoms with Crippen molar-refractivity contribution in [3.8, 4) is 0 Å². The number of hydrogen-bond acceptors (Lipinski definition) is 4. The second-order valence-electron chi connectivity index (χ2n) is 5.06. The molecule has 2 amide bonds. The SMILES string of the molecule is CN(C)C(=O)NCCNS(=O)(=O)N1CCCC(C(=O)O)C1. The standard InChI is InChI=1S/C11H22N4O5S/c1-14(2)11(18)12-5-6-13-21(19,20)15-7-3-4-9(8-15)10(16)17/h9,13H,3-8H2,1-2H3,(H,12,18)(H,16,17). The topological polar surface area (TPSA) is 119 Å². The van der Waals surface area contributed by atoms with Gasteiger partial charge in [-0.2, -0.15) is 12.7 Å². The minimum Gasteiger partial charge on any atom is -0.481 e. The van der Waals surface area contributed by atoms with Gasteiger partial charge in [-0.1, -0.05) is 0 Å². The first-order valence-electron chi connectivity index (χ1n) is 6.66. The number of nitrogens with zero attached hydrogens (tertiary/aromatic N) is 2. The molecule has 1 aliphatic heterocycles. The van der Waals surface area contributed by atoms with Gasteiger partial charge in [0.1, 0.15) is 0 Å². The third-order valence-electron chi connectivity index (χ3n) is 3.17. The van der Waals surface area contributed by atoms with E-state index in [1.807, 2.05) is 0 Å². The lowest BCUT2D eigenvalue weighted by Gasteiger charge is -2.29. The molecule has 10 heteroatoms. The van der Waals surface area contributed by atoms with Crippen molar-refractivity contribution in [2.45, 2.75) is 12.8 Å². The molecule has 0 aromatic rings. The molecule has 0 aromatic heterocycles. The Balaban J connectivity index is 2.42. The molecule has 21 heavy (non-hydrogen) atoms. The maximum Gasteiger partial charge on any atom is 0.316 e. The fourth-order valence-electron chi connectivity index (χ4n) is 1.96. The summed E-state index contributed by atoms with van der Waals surface area (Å²) < 4.78 is 27.6.